The molecule has 2 aromatic rings. The fraction of sp³-hybridized carbons (Fsp3) is 0.222. The molecule has 27 heavy (non-hydrogen) atoms. The van der Waals surface area contributed by atoms with E-state index < -0.39 is 6.17 Å². The van der Waals surface area contributed by atoms with Gasteiger partial charge in [-0.05, 0) is 48.4 Å². The predicted molar refractivity (Wildman–Crippen MR) is 108 cm³/mol. The second kappa shape index (κ2) is 9.43. The van der Waals surface area contributed by atoms with Crippen LogP contribution in [0.1, 0.15) is 18.2 Å². The Morgan fingerprint density at radius 1 is 1.07 bits per heavy atom. The van der Waals surface area contributed by atoms with E-state index >= 15 is 0 Å². The minimum atomic E-state index is -0.441. The number of hydrogen-bond donors (Lipinski definition) is 2. The molecule has 0 radical (unpaired) electrons. The van der Waals surface area contributed by atoms with Gasteiger partial charge >= 0.3 is 0 Å². The normalized spacial score (nSPS) is 16.2. The van der Waals surface area contributed by atoms with Crippen molar-refractivity contribution in [3.8, 4) is 5.75 Å². The summed E-state index contributed by atoms with van der Waals surface area (Å²) in [5, 5.41) is 0.659. The molecular weight excluding hydrogens is 392 g/mol. The molecule has 4 N–H and O–H groups in total. The van der Waals surface area contributed by atoms with E-state index in [-0.39, 0.29) is 30.1 Å². The Bertz CT molecular complexity index is 812. The van der Waals surface area contributed by atoms with E-state index in [9.17, 15) is 4.39 Å². The van der Waals surface area contributed by atoms with Gasteiger partial charge in [-0.2, -0.15) is 4.99 Å². The first-order valence-electron chi connectivity index (χ1n) is 8.11. The van der Waals surface area contributed by atoms with Crippen LogP contribution in [0.15, 0.2) is 58.5 Å². The predicted octanol–water partition coefficient (Wildman–Crippen LogP) is 3.31. The van der Waals surface area contributed by atoms with Gasteiger partial charge in [-0.1, -0.05) is 23.7 Å². The van der Waals surface area contributed by atoms with E-state index in [1.54, 1.807) is 24.3 Å². The SMILES string of the molecule is Cl.NC1=NC(c2ccc(F)cc2)N(CCCOc2ccc(Cl)cc2)C(N)=N1. The van der Waals surface area contributed by atoms with Crippen molar-refractivity contribution in [3.05, 3.63) is 64.9 Å². The van der Waals surface area contributed by atoms with Gasteiger partial charge in [0.15, 0.2) is 6.17 Å². The number of hydrogen-bond acceptors (Lipinski definition) is 6. The van der Waals surface area contributed by atoms with E-state index in [2.05, 4.69) is 9.98 Å². The molecule has 144 valence electrons. The summed E-state index contributed by atoms with van der Waals surface area (Å²) in [4.78, 5) is 10.2. The lowest BCUT2D eigenvalue weighted by Gasteiger charge is -2.32. The van der Waals surface area contributed by atoms with E-state index in [1.165, 1.54) is 12.1 Å². The molecule has 0 bridgehead atoms. The van der Waals surface area contributed by atoms with Crippen LogP contribution >= 0.6 is 24.0 Å². The molecule has 0 fully saturated rings. The van der Waals surface area contributed by atoms with Crippen molar-refractivity contribution in [2.24, 2.45) is 21.5 Å². The number of aliphatic imine (C=N–C) groups is 2. The molecule has 1 unspecified atom stereocenters. The number of guanidine groups is 2. The Morgan fingerprint density at radius 2 is 1.74 bits per heavy atom. The first kappa shape index (κ1) is 20.8. The topological polar surface area (TPSA) is 89.2 Å². The van der Waals surface area contributed by atoms with E-state index in [1.807, 2.05) is 17.0 Å². The van der Waals surface area contributed by atoms with Crippen LogP contribution in [-0.2, 0) is 0 Å². The average molecular weight is 412 g/mol. The number of halogens is 3. The van der Waals surface area contributed by atoms with Gasteiger partial charge in [0.1, 0.15) is 11.6 Å². The summed E-state index contributed by atoms with van der Waals surface area (Å²) in [6.45, 7) is 1.04. The first-order valence-corrected chi connectivity index (χ1v) is 8.48. The summed E-state index contributed by atoms with van der Waals surface area (Å²) >= 11 is 5.85. The van der Waals surface area contributed by atoms with E-state index in [0.29, 0.717) is 24.6 Å². The molecule has 1 aliphatic rings. The Kier molecular flexibility index (Phi) is 7.27. The first-order chi connectivity index (χ1) is 12.5. The van der Waals surface area contributed by atoms with Gasteiger partial charge in [-0.15, -0.1) is 12.4 Å². The van der Waals surface area contributed by atoms with Gasteiger partial charge in [0.2, 0.25) is 11.9 Å². The van der Waals surface area contributed by atoms with Crippen LogP contribution in [0.2, 0.25) is 5.02 Å². The van der Waals surface area contributed by atoms with Crippen LogP contribution in [-0.4, -0.2) is 30.0 Å². The number of nitrogens with two attached hydrogens (primary N) is 2. The summed E-state index contributed by atoms with van der Waals surface area (Å²) in [5.74, 6) is 0.807. The highest BCUT2D eigenvalue weighted by molar-refractivity contribution is 6.30. The van der Waals surface area contributed by atoms with Crippen molar-refractivity contribution in [1.82, 2.24) is 4.90 Å². The maximum Gasteiger partial charge on any atom is 0.220 e. The minimum absolute atomic E-state index is 0. The molecule has 3 rings (SSSR count). The molecule has 6 nitrogen and oxygen atoms in total. The smallest absolute Gasteiger partial charge is 0.220 e. The molecule has 0 amide bonds. The standard InChI is InChI=1S/C18H19ClFN5O.ClH/c19-13-4-8-15(9-5-13)26-11-1-10-25-16(23-17(21)24-18(25)22)12-2-6-14(20)7-3-12;/h2-9,16H,1,10-11H2,(H4,21,22,23,24);1H. The molecule has 0 spiro atoms. The minimum Gasteiger partial charge on any atom is -0.494 e. The maximum atomic E-state index is 13.2. The van der Waals surface area contributed by atoms with Gasteiger partial charge in [-0.25, -0.2) is 9.38 Å². The molecule has 9 heteroatoms. The Labute approximate surface area is 168 Å². The third-order valence-corrected chi connectivity index (χ3v) is 4.12. The van der Waals surface area contributed by atoms with Crippen LogP contribution in [0.4, 0.5) is 4.39 Å². The molecule has 1 atom stereocenters. The zero-order valence-corrected chi connectivity index (χ0v) is 16.0. The summed E-state index contributed by atoms with van der Waals surface area (Å²) < 4.78 is 18.9. The van der Waals surface area contributed by atoms with Crippen molar-refractivity contribution in [3.63, 3.8) is 0 Å². The number of nitrogens with zero attached hydrogens (tertiary/aromatic N) is 3. The van der Waals surface area contributed by atoms with Crippen molar-refractivity contribution in [1.29, 1.82) is 0 Å². The highest BCUT2D eigenvalue weighted by atomic mass is 35.5. The molecule has 2 aromatic carbocycles. The van der Waals surface area contributed by atoms with Crippen molar-refractivity contribution in [2.45, 2.75) is 12.6 Å². The van der Waals surface area contributed by atoms with Crippen LogP contribution in [0.25, 0.3) is 0 Å². The molecule has 0 aromatic heterocycles. The van der Waals surface area contributed by atoms with E-state index in [0.717, 1.165) is 11.3 Å². The van der Waals surface area contributed by atoms with Crippen LogP contribution in [0.5, 0.6) is 5.75 Å². The highest BCUT2D eigenvalue weighted by Crippen LogP contribution is 2.25. The lowest BCUT2D eigenvalue weighted by atomic mass is 10.1. The quantitative estimate of drug-likeness (QED) is 0.713. The van der Waals surface area contributed by atoms with Crippen molar-refractivity contribution in [2.75, 3.05) is 13.2 Å². The zero-order chi connectivity index (χ0) is 18.5. The number of rotatable bonds is 6. The third kappa shape index (κ3) is 5.48. The summed E-state index contributed by atoms with van der Waals surface area (Å²) in [7, 11) is 0. The summed E-state index contributed by atoms with van der Waals surface area (Å²) in [5.41, 5.74) is 12.5. The third-order valence-electron chi connectivity index (χ3n) is 3.87. The highest BCUT2D eigenvalue weighted by Gasteiger charge is 2.25. The van der Waals surface area contributed by atoms with E-state index in [4.69, 9.17) is 27.8 Å². The fourth-order valence-corrected chi connectivity index (χ4v) is 2.74. The molecule has 1 heterocycles. The van der Waals surface area contributed by atoms with Crippen LogP contribution in [0, 0.1) is 5.82 Å². The number of ether oxygens (including phenoxy) is 1. The van der Waals surface area contributed by atoms with Gasteiger partial charge in [0, 0.05) is 11.6 Å². The van der Waals surface area contributed by atoms with Crippen LogP contribution < -0.4 is 16.2 Å². The van der Waals surface area contributed by atoms with Crippen molar-refractivity contribution < 1.29 is 9.13 Å². The lowest BCUT2D eigenvalue weighted by molar-refractivity contribution is 0.258. The molecule has 1 aliphatic heterocycles. The van der Waals surface area contributed by atoms with Crippen molar-refractivity contribution >= 4 is 35.9 Å². The lowest BCUT2D eigenvalue weighted by Crippen LogP contribution is -2.44. The summed E-state index contributed by atoms with van der Waals surface area (Å²) in [6.07, 6.45) is 0.245. The zero-order valence-electron chi connectivity index (χ0n) is 14.4. The van der Waals surface area contributed by atoms with Gasteiger partial charge in [0.25, 0.3) is 0 Å². The van der Waals surface area contributed by atoms with Gasteiger partial charge in [-0.3, -0.25) is 0 Å². The largest absolute Gasteiger partial charge is 0.494 e. The average Bonchev–Trinajstić information content (AvgIpc) is 2.62. The Balaban J connectivity index is 0.00000261. The summed E-state index contributed by atoms with van der Waals surface area (Å²) in [6, 6.07) is 13.2. The maximum absolute atomic E-state index is 13.2. The van der Waals surface area contributed by atoms with Gasteiger partial charge in [0.05, 0.1) is 6.61 Å². The molecule has 0 saturated carbocycles. The molecule has 0 saturated heterocycles. The second-order valence-corrected chi connectivity index (χ2v) is 6.17. The van der Waals surface area contributed by atoms with Crippen LogP contribution in [0.3, 0.4) is 0 Å². The Morgan fingerprint density at radius 3 is 2.41 bits per heavy atom. The number of benzene rings is 2. The second-order valence-electron chi connectivity index (χ2n) is 5.73. The Hall–Kier alpha value is -2.51. The molecular formula is C18H20Cl2FN5O. The monoisotopic (exact) mass is 411 g/mol. The van der Waals surface area contributed by atoms with Gasteiger partial charge < -0.3 is 21.1 Å². The fourth-order valence-electron chi connectivity index (χ4n) is 2.61. The molecule has 0 aliphatic carbocycles.